The molecule has 2 rings (SSSR count). The van der Waals surface area contributed by atoms with Gasteiger partial charge in [0.05, 0.1) is 13.7 Å². The molecule has 0 aliphatic carbocycles. The number of rotatable bonds is 1. The number of benzene rings is 1. The predicted octanol–water partition coefficient (Wildman–Crippen LogP) is 1.06. The van der Waals surface area contributed by atoms with Gasteiger partial charge in [-0.15, -0.1) is 0 Å². The van der Waals surface area contributed by atoms with Crippen molar-refractivity contribution in [1.29, 1.82) is 0 Å². The highest BCUT2D eigenvalue weighted by atomic mass is 16.5. The largest absolute Gasteiger partial charge is 0.493 e. The second-order valence-corrected chi connectivity index (χ2v) is 3.39. The summed E-state index contributed by atoms with van der Waals surface area (Å²) in [5.41, 5.74) is 13.3. The zero-order chi connectivity index (χ0) is 10.1. The van der Waals surface area contributed by atoms with Gasteiger partial charge in [-0.1, -0.05) is 0 Å². The van der Waals surface area contributed by atoms with E-state index in [4.69, 9.17) is 20.9 Å². The standard InChI is InChI=1S/C10H14N2O2/c1-13-9-5-6(11)4-7-8(12)2-3-14-10(7)9/h4-5,8H,2-3,11-12H2,1H3/t8-/m1/s1. The van der Waals surface area contributed by atoms with Crippen LogP contribution in [0.4, 0.5) is 5.69 Å². The van der Waals surface area contributed by atoms with Crippen molar-refractivity contribution in [3.63, 3.8) is 0 Å². The summed E-state index contributed by atoms with van der Waals surface area (Å²) < 4.78 is 10.7. The van der Waals surface area contributed by atoms with Crippen molar-refractivity contribution in [1.82, 2.24) is 0 Å². The number of methoxy groups -OCH3 is 1. The first-order valence-corrected chi connectivity index (χ1v) is 4.58. The lowest BCUT2D eigenvalue weighted by Gasteiger charge is -2.24. The number of fused-ring (bicyclic) bond motifs is 1. The quantitative estimate of drug-likeness (QED) is 0.656. The molecule has 0 fully saturated rings. The molecule has 1 aromatic rings. The molecule has 0 spiro atoms. The summed E-state index contributed by atoms with van der Waals surface area (Å²) in [5.74, 6) is 1.40. The molecule has 76 valence electrons. The number of ether oxygens (including phenoxy) is 2. The van der Waals surface area contributed by atoms with Gasteiger partial charge in [-0.2, -0.15) is 0 Å². The molecule has 14 heavy (non-hydrogen) atoms. The third kappa shape index (κ3) is 1.37. The molecule has 0 aromatic heterocycles. The summed E-state index contributed by atoms with van der Waals surface area (Å²) >= 11 is 0. The maximum absolute atomic E-state index is 5.95. The molecule has 1 heterocycles. The number of anilines is 1. The third-order valence-electron chi connectivity index (χ3n) is 2.40. The Labute approximate surface area is 82.8 Å². The van der Waals surface area contributed by atoms with Crippen LogP contribution in [-0.2, 0) is 0 Å². The summed E-state index contributed by atoms with van der Waals surface area (Å²) in [6.45, 7) is 0.633. The number of nitrogen functional groups attached to an aromatic ring is 1. The Hall–Kier alpha value is -1.42. The lowest BCUT2D eigenvalue weighted by Crippen LogP contribution is -2.21. The molecule has 1 aliphatic heterocycles. The molecule has 0 radical (unpaired) electrons. The van der Waals surface area contributed by atoms with E-state index in [9.17, 15) is 0 Å². The molecule has 0 saturated carbocycles. The van der Waals surface area contributed by atoms with Gasteiger partial charge in [-0.3, -0.25) is 0 Å². The van der Waals surface area contributed by atoms with Crippen LogP contribution in [0, 0.1) is 0 Å². The Bertz CT molecular complexity index is 352. The summed E-state index contributed by atoms with van der Waals surface area (Å²) in [6.07, 6.45) is 0.819. The highest BCUT2D eigenvalue weighted by molar-refractivity contribution is 5.58. The SMILES string of the molecule is COc1cc(N)cc2c1OCC[C@H]2N. The van der Waals surface area contributed by atoms with Crippen molar-refractivity contribution < 1.29 is 9.47 Å². The van der Waals surface area contributed by atoms with Gasteiger partial charge in [0.25, 0.3) is 0 Å². The van der Waals surface area contributed by atoms with Gasteiger partial charge in [0, 0.05) is 29.8 Å². The first-order valence-electron chi connectivity index (χ1n) is 4.58. The molecule has 0 bridgehead atoms. The van der Waals surface area contributed by atoms with Gasteiger partial charge < -0.3 is 20.9 Å². The molecular formula is C10H14N2O2. The highest BCUT2D eigenvalue weighted by Gasteiger charge is 2.22. The zero-order valence-corrected chi connectivity index (χ0v) is 8.12. The van der Waals surface area contributed by atoms with Crippen LogP contribution in [0.3, 0.4) is 0 Å². The third-order valence-corrected chi connectivity index (χ3v) is 2.40. The summed E-state index contributed by atoms with van der Waals surface area (Å²) in [6, 6.07) is 3.59. The lowest BCUT2D eigenvalue weighted by atomic mass is 10.0. The fraction of sp³-hybridized carbons (Fsp3) is 0.400. The average molecular weight is 194 g/mol. The first-order chi connectivity index (χ1) is 6.72. The fourth-order valence-electron chi connectivity index (χ4n) is 1.67. The Morgan fingerprint density at radius 2 is 2.29 bits per heavy atom. The normalized spacial score (nSPS) is 19.7. The highest BCUT2D eigenvalue weighted by Crippen LogP contribution is 2.40. The summed E-state index contributed by atoms with van der Waals surface area (Å²) in [4.78, 5) is 0. The lowest BCUT2D eigenvalue weighted by molar-refractivity contribution is 0.253. The van der Waals surface area contributed by atoms with Crippen molar-refractivity contribution in [3.05, 3.63) is 17.7 Å². The van der Waals surface area contributed by atoms with Crippen molar-refractivity contribution >= 4 is 5.69 Å². The second-order valence-electron chi connectivity index (χ2n) is 3.39. The van der Waals surface area contributed by atoms with E-state index < -0.39 is 0 Å². The molecule has 4 nitrogen and oxygen atoms in total. The van der Waals surface area contributed by atoms with E-state index in [1.807, 2.05) is 6.07 Å². The maximum Gasteiger partial charge on any atom is 0.166 e. The number of hydrogen-bond acceptors (Lipinski definition) is 4. The minimum atomic E-state index is -0.00356. The van der Waals surface area contributed by atoms with Gasteiger partial charge >= 0.3 is 0 Å². The van der Waals surface area contributed by atoms with Gasteiger partial charge in [0.15, 0.2) is 11.5 Å². The van der Waals surface area contributed by atoms with Crippen molar-refractivity contribution in [2.24, 2.45) is 5.73 Å². The number of hydrogen-bond donors (Lipinski definition) is 2. The molecule has 1 aliphatic rings. The molecular weight excluding hydrogens is 180 g/mol. The Balaban J connectivity index is 2.54. The van der Waals surface area contributed by atoms with Crippen molar-refractivity contribution in [2.45, 2.75) is 12.5 Å². The molecule has 4 heteroatoms. The molecule has 1 atom stereocenters. The van der Waals surface area contributed by atoms with E-state index in [1.165, 1.54) is 0 Å². The van der Waals surface area contributed by atoms with E-state index in [1.54, 1.807) is 13.2 Å². The molecule has 0 unspecified atom stereocenters. The molecule has 0 amide bonds. The molecule has 0 saturated heterocycles. The summed E-state index contributed by atoms with van der Waals surface area (Å²) in [7, 11) is 1.60. The zero-order valence-electron chi connectivity index (χ0n) is 8.12. The minimum Gasteiger partial charge on any atom is -0.493 e. The van der Waals surface area contributed by atoms with E-state index in [-0.39, 0.29) is 6.04 Å². The topological polar surface area (TPSA) is 70.5 Å². The van der Waals surface area contributed by atoms with Crippen LogP contribution in [0.15, 0.2) is 12.1 Å². The fourth-order valence-corrected chi connectivity index (χ4v) is 1.67. The van der Waals surface area contributed by atoms with Crippen LogP contribution in [-0.4, -0.2) is 13.7 Å². The summed E-state index contributed by atoms with van der Waals surface area (Å²) in [5, 5.41) is 0. The second kappa shape index (κ2) is 3.38. The van der Waals surface area contributed by atoms with Crippen LogP contribution in [0.25, 0.3) is 0 Å². The smallest absolute Gasteiger partial charge is 0.166 e. The Kier molecular flexibility index (Phi) is 2.21. The van der Waals surface area contributed by atoms with E-state index in [2.05, 4.69) is 0 Å². The van der Waals surface area contributed by atoms with Crippen LogP contribution in [0.1, 0.15) is 18.0 Å². The van der Waals surface area contributed by atoms with Gasteiger partial charge in [0.1, 0.15) is 0 Å². The Morgan fingerprint density at radius 1 is 1.50 bits per heavy atom. The predicted molar refractivity (Wildman–Crippen MR) is 54.4 cm³/mol. The van der Waals surface area contributed by atoms with E-state index in [0.29, 0.717) is 18.0 Å². The molecule has 4 N–H and O–H groups in total. The van der Waals surface area contributed by atoms with E-state index >= 15 is 0 Å². The van der Waals surface area contributed by atoms with Gasteiger partial charge in [-0.05, 0) is 6.07 Å². The van der Waals surface area contributed by atoms with E-state index in [0.717, 1.165) is 17.7 Å². The van der Waals surface area contributed by atoms with Crippen LogP contribution in [0.5, 0.6) is 11.5 Å². The average Bonchev–Trinajstić information content (AvgIpc) is 2.18. The minimum absolute atomic E-state index is 0.00356. The van der Waals surface area contributed by atoms with Gasteiger partial charge in [0.2, 0.25) is 0 Å². The molecule has 1 aromatic carbocycles. The van der Waals surface area contributed by atoms with Gasteiger partial charge in [-0.25, -0.2) is 0 Å². The van der Waals surface area contributed by atoms with Crippen molar-refractivity contribution in [2.75, 3.05) is 19.5 Å². The first kappa shape index (κ1) is 9.15. The number of nitrogens with two attached hydrogens (primary N) is 2. The van der Waals surface area contributed by atoms with Crippen LogP contribution in [0.2, 0.25) is 0 Å². The van der Waals surface area contributed by atoms with Crippen LogP contribution < -0.4 is 20.9 Å². The maximum atomic E-state index is 5.95. The monoisotopic (exact) mass is 194 g/mol. The Morgan fingerprint density at radius 3 is 3.00 bits per heavy atom. The van der Waals surface area contributed by atoms with Crippen molar-refractivity contribution in [3.8, 4) is 11.5 Å². The van der Waals surface area contributed by atoms with Crippen LogP contribution >= 0.6 is 0 Å².